The zero-order valence-corrected chi connectivity index (χ0v) is 12.0. The van der Waals surface area contributed by atoms with E-state index in [1.165, 1.54) is 5.56 Å². The van der Waals surface area contributed by atoms with E-state index >= 15 is 0 Å². The fourth-order valence-corrected chi connectivity index (χ4v) is 2.23. The Labute approximate surface area is 119 Å². The molecule has 0 aliphatic heterocycles. The second kappa shape index (κ2) is 6.89. The molecule has 4 nitrogen and oxygen atoms in total. The van der Waals surface area contributed by atoms with Gasteiger partial charge in [0.1, 0.15) is 0 Å². The van der Waals surface area contributed by atoms with Crippen LogP contribution in [0.4, 0.5) is 5.82 Å². The monoisotopic (exact) mass is 271 g/mol. The predicted octanol–water partition coefficient (Wildman–Crippen LogP) is 3.22. The molecule has 0 radical (unpaired) electrons. The van der Waals surface area contributed by atoms with Crippen molar-refractivity contribution in [1.29, 1.82) is 0 Å². The van der Waals surface area contributed by atoms with Crippen LogP contribution in [0.2, 0.25) is 0 Å². The van der Waals surface area contributed by atoms with Crippen LogP contribution in [0.25, 0.3) is 0 Å². The van der Waals surface area contributed by atoms with E-state index in [0.717, 1.165) is 19.4 Å². The Morgan fingerprint density at radius 3 is 2.65 bits per heavy atom. The smallest absolute Gasteiger partial charge is 0.293 e. The van der Waals surface area contributed by atoms with E-state index in [1.54, 1.807) is 17.0 Å². The summed E-state index contributed by atoms with van der Waals surface area (Å²) in [6.07, 6.45) is 5.24. The molecule has 0 saturated heterocycles. The molecule has 0 aliphatic carbocycles. The molecule has 1 unspecified atom stereocenters. The molecule has 0 amide bonds. The fourth-order valence-electron chi connectivity index (χ4n) is 2.23. The van der Waals surface area contributed by atoms with Crippen molar-refractivity contribution < 1.29 is 0 Å². The number of nitrogens with zero attached hydrogens (tertiary/aromatic N) is 2. The molecular formula is C16H21N3O. The third-order valence-corrected chi connectivity index (χ3v) is 3.30. The first-order valence-corrected chi connectivity index (χ1v) is 7.13. The van der Waals surface area contributed by atoms with Crippen molar-refractivity contribution in [2.24, 2.45) is 0 Å². The van der Waals surface area contributed by atoms with Crippen molar-refractivity contribution in [2.75, 3.05) is 5.32 Å². The third kappa shape index (κ3) is 3.26. The Morgan fingerprint density at radius 2 is 2.00 bits per heavy atom. The maximum atomic E-state index is 12.3. The van der Waals surface area contributed by atoms with Crippen molar-refractivity contribution in [3.05, 3.63) is 58.6 Å². The van der Waals surface area contributed by atoms with Crippen molar-refractivity contribution in [3.63, 3.8) is 0 Å². The normalized spacial score (nSPS) is 12.1. The number of rotatable bonds is 6. The van der Waals surface area contributed by atoms with E-state index in [2.05, 4.69) is 36.3 Å². The molecule has 2 rings (SSSR count). The van der Waals surface area contributed by atoms with Crippen molar-refractivity contribution in [3.8, 4) is 0 Å². The number of aromatic nitrogens is 2. The summed E-state index contributed by atoms with van der Waals surface area (Å²) in [6, 6.07) is 10.2. The molecule has 0 fully saturated rings. The van der Waals surface area contributed by atoms with Gasteiger partial charge >= 0.3 is 0 Å². The van der Waals surface area contributed by atoms with Gasteiger partial charge in [-0.25, -0.2) is 4.98 Å². The molecule has 1 aromatic heterocycles. The van der Waals surface area contributed by atoms with Crippen LogP contribution in [0.15, 0.2) is 47.5 Å². The summed E-state index contributed by atoms with van der Waals surface area (Å²) >= 11 is 0. The molecule has 1 heterocycles. The number of aryl methyl sites for hydroxylation is 1. The topological polar surface area (TPSA) is 46.9 Å². The van der Waals surface area contributed by atoms with Gasteiger partial charge in [-0.05, 0) is 18.4 Å². The molecule has 0 bridgehead atoms. The fraction of sp³-hybridized carbons (Fsp3) is 0.375. The first kappa shape index (κ1) is 14.3. The molecule has 0 saturated carbocycles. The van der Waals surface area contributed by atoms with Gasteiger partial charge in [0.25, 0.3) is 5.56 Å². The number of anilines is 1. The highest BCUT2D eigenvalue weighted by atomic mass is 16.1. The first-order chi connectivity index (χ1) is 9.76. The molecule has 1 N–H and O–H groups in total. The minimum Gasteiger partial charge on any atom is -0.359 e. The second-order valence-electron chi connectivity index (χ2n) is 4.79. The standard InChI is InChI=1S/C16H21N3O/c1-3-11-19-12-10-17-15(16(19)20)18-14(4-2)13-8-6-5-7-9-13/h5-10,12,14H,3-4,11H2,1-2H3,(H,17,18). The summed E-state index contributed by atoms with van der Waals surface area (Å²) in [5.74, 6) is 0.427. The van der Waals surface area contributed by atoms with Crippen LogP contribution in [0, 0.1) is 0 Å². The lowest BCUT2D eigenvalue weighted by Crippen LogP contribution is -2.25. The molecule has 2 aromatic rings. The van der Waals surface area contributed by atoms with Gasteiger partial charge in [-0.3, -0.25) is 4.79 Å². The van der Waals surface area contributed by atoms with Crippen LogP contribution in [0.3, 0.4) is 0 Å². The highest BCUT2D eigenvalue weighted by molar-refractivity contribution is 5.36. The Hall–Kier alpha value is -2.10. The van der Waals surface area contributed by atoms with E-state index in [9.17, 15) is 4.79 Å². The molecule has 106 valence electrons. The van der Waals surface area contributed by atoms with E-state index in [-0.39, 0.29) is 11.6 Å². The molecule has 4 heteroatoms. The van der Waals surface area contributed by atoms with Crippen LogP contribution in [-0.2, 0) is 6.54 Å². The quantitative estimate of drug-likeness (QED) is 0.877. The van der Waals surface area contributed by atoms with Crippen LogP contribution >= 0.6 is 0 Å². The maximum absolute atomic E-state index is 12.3. The lowest BCUT2D eigenvalue weighted by atomic mass is 10.0. The number of benzene rings is 1. The molecule has 1 aromatic carbocycles. The molecular weight excluding hydrogens is 250 g/mol. The minimum absolute atomic E-state index is 0.0521. The van der Waals surface area contributed by atoms with Gasteiger partial charge < -0.3 is 9.88 Å². The first-order valence-electron chi connectivity index (χ1n) is 7.13. The minimum atomic E-state index is -0.0521. The lowest BCUT2D eigenvalue weighted by molar-refractivity contribution is 0.645. The molecule has 20 heavy (non-hydrogen) atoms. The van der Waals surface area contributed by atoms with Crippen molar-refractivity contribution in [1.82, 2.24) is 9.55 Å². The summed E-state index contributed by atoms with van der Waals surface area (Å²) in [7, 11) is 0. The van der Waals surface area contributed by atoms with Crippen LogP contribution < -0.4 is 10.9 Å². The number of nitrogens with one attached hydrogen (secondary N) is 1. The van der Waals surface area contributed by atoms with E-state index in [1.807, 2.05) is 18.2 Å². The van der Waals surface area contributed by atoms with Gasteiger partial charge in [0.2, 0.25) is 0 Å². The Morgan fingerprint density at radius 1 is 1.25 bits per heavy atom. The zero-order valence-electron chi connectivity index (χ0n) is 12.0. The van der Waals surface area contributed by atoms with Crippen LogP contribution in [0.1, 0.15) is 38.3 Å². The maximum Gasteiger partial charge on any atom is 0.293 e. The second-order valence-corrected chi connectivity index (χ2v) is 4.79. The SMILES string of the molecule is CCCn1ccnc(NC(CC)c2ccccc2)c1=O. The van der Waals surface area contributed by atoms with Gasteiger partial charge in [-0.15, -0.1) is 0 Å². The van der Waals surface area contributed by atoms with Gasteiger partial charge in [-0.2, -0.15) is 0 Å². The highest BCUT2D eigenvalue weighted by Crippen LogP contribution is 2.19. The molecule has 0 aliphatic rings. The van der Waals surface area contributed by atoms with Crippen LogP contribution in [0.5, 0.6) is 0 Å². The van der Waals surface area contributed by atoms with E-state index in [4.69, 9.17) is 0 Å². The number of hydrogen-bond donors (Lipinski definition) is 1. The van der Waals surface area contributed by atoms with Crippen LogP contribution in [-0.4, -0.2) is 9.55 Å². The van der Waals surface area contributed by atoms with Crippen molar-refractivity contribution in [2.45, 2.75) is 39.3 Å². The highest BCUT2D eigenvalue weighted by Gasteiger charge is 2.12. The van der Waals surface area contributed by atoms with Gasteiger partial charge in [0.15, 0.2) is 5.82 Å². The van der Waals surface area contributed by atoms with E-state index < -0.39 is 0 Å². The van der Waals surface area contributed by atoms with Gasteiger partial charge in [-0.1, -0.05) is 44.2 Å². The Bertz CT molecular complexity index is 592. The predicted molar refractivity (Wildman–Crippen MR) is 81.9 cm³/mol. The van der Waals surface area contributed by atoms with E-state index in [0.29, 0.717) is 5.82 Å². The average Bonchev–Trinajstić information content (AvgIpc) is 2.49. The van der Waals surface area contributed by atoms with Gasteiger partial charge in [0, 0.05) is 18.9 Å². The molecule has 0 spiro atoms. The summed E-state index contributed by atoms with van der Waals surface area (Å²) in [4.78, 5) is 16.5. The summed E-state index contributed by atoms with van der Waals surface area (Å²) < 4.78 is 1.70. The van der Waals surface area contributed by atoms with Gasteiger partial charge in [0.05, 0.1) is 6.04 Å². The van der Waals surface area contributed by atoms with Crippen molar-refractivity contribution >= 4 is 5.82 Å². The molecule has 1 atom stereocenters. The summed E-state index contributed by atoms with van der Waals surface area (Å²) in [6.45, 7) is 4.87. The summed E-state index contributed by atoms with van der Waals surface area (Å²) in [5.41, 5.74) is 1.12. The lowest BCUT2D eigenvalue weighted by Gasteiger charge is -2.18. The largest absolute Gasteiger partial charge is 0.359 e. The Balaban J connectivity index is 2.24. The zero-order chi connectivity index (χ0) is 14.4. The average molecular weight is 271 g/mol. The Kier molecular flexibility index (Phi) is 4.93. The number of hydrogen-bond acceptors (Lipinski definition) is 3. The summed E-state index contributed by atoms with van der Waals surface area (Å²) in [5, 5.41) is 3.27. The third-order valence-electron chi connectivity index (χ3n) is 3.30.